The second-order valence-corrected chi connectivity index (χ2v) is 6.45. The van der Waals surface area contributed by atoms with Crippen molar-refractivity contribution in [1.29, 1.82) is 0 Å². The van der Waals surface area contributed by atoms with E-state index in [1.165, 1.54) is 0 Å². The maximum absolute atomic E-state index is 11.9. The summed E-state index contributed by atoms with van der Waals surface area (Å²) in [4.78, 5) is 47.2. The van der Waals surface area contributed by atoms with Gasteiger partial charge in [0, 0.05) is 5.56 Å². The number of carboxylic acids is 4. The Morgan fingerprint density at radius 1 is 0.571 bits per heavy atom. The summed E-state index contributed by atoms with van der Waals surface area (Å²) < 4.78 is 0. The van der Waals surface area contributed by atoms with Gasteiger partial charge in [0.15, 0.2) is 0 Å². The van der Waals surface area contributed by atoms with Crippen LogP contribution in [0.25, 0.3) is 11.1 Å². The molecular formula is C20H18O8. The smallest absolute Gasteiger partial charge is 0.337 e. The van der Waals surface area contributed by atoms with Gasteiger partial charge in [-0.3, -0.25) is 0 Å². The maximum Gasteiger partial charge on any atom is 0.337 e. The zero-order chi connectivity index (χ0) is 21.5. The molecule has 0 atom stereocenters. The Morgan fingerprint density at radius 3 is 1.36 bits per heavy atom. The Balaban J connectivity index is 3.29. The summed E-state index contributed by atoms with van der Waals surface area (Å²) >= 11 is 0. The van der Waals surface area contributed by atoms with Crippen molar-refractivity contribution in [3.63, 3.8) is 0 Å². The predicted molar refractivity (Wildman–Crippen MR) is 98.7 cm³/mol. The number of aromatic carboxylic acids is 4. The van der Waals surface area contributed by atoms with Gasteiger partial charge in [0.25, 0.3) is 0 Å². The maximum atomic E-state index is 11.9. The van der Waals surface area contributed by atoms with Crippen molar-refractivity contribution in [3.8, 4) is 11.1 Å². The van der Waals surface area contributed by atoms with E-state index >= 15 is 0 Å². The Kier molecular flexibility index (Phi) is 5.27. The van der Waals surface area contributed by atoms with Crippen LogP contribution < -0.4 is 0 Å². The number of aryl methyl sites for hydroxylation is 2. The lowest BCUT2D eigenvalue weighted by atomic mass is 9.82. The van der Waals surface area contributed by atoms with Crippen LogP contribution in [0.3, 0.4) is 0 Å². The van der Waals surface area contributed by atoms with Crippen molar-refractivity contribution < 1.29 is 39.6 Å². The van der Waals surface area contributed by atoms with E-state index in [9.17, 15) is 39.6 Å². The molecule has 0 saturated heterocycles. The molecule has 0 heterocycles. The highest BCUT2D eigenvalue weighted by Gasteiger charge is 2.33. The fourth-order valence-corrected chi connectivity index (χ4v) is 3.38. The molecule has 8 heteroatoms. The van der Waals surface area contributed by atoms with Crippen LogP contribution in [0.4, 0.5) is 0 Å². The van der Waals surface area contributed by atoms with Crippen LogP contribution in [0.15, 0.2) is 12.1 Å². The number of carboxylic acid groups (broad SMARTS) is 4. The van der Waals surface area contributed by atoms with Crippen LogP contribution in [0.1, 0.15) is 63.7 Å². The molecule has 0 unspecified atom stereocenters. The van der Waals surface area contributed by atoms with Crippen LogP contribution in [-0.2, 0) is 0 Å². The van der Waals surface area contributed by atoms with Gasteiger partial charge in [0.1, 0.15) is 0 Å². The van der Waals surface area contributed by atoms with Gasteiger partial charge in [-0.05, 0) is 61.6 Å². The lowest BCUT2D eigenvalue weighted by Crippen LogP contribution is -2.19. The molecule has 0 aliphatic rings. The summed E-state index contributed by atoms with van der Waals surface area (Å²) in [6.45, 7) is 6.86. The van der Waals surface area contributed by atoms with Gasteiger partial charge in [0.05, 0.1) is 22.3 Å². The lowest BCUT2D eigenvalue weighted by Gasteiger charge is -2.21. The topological polar surface area (TPSA) is 149 Å². The molecule has 0 saturated carbocycles. The molecule has 0 radical (unpaired) electrons. The molecule has 8 nitrogen and oxygen atoms in total. The van der Waals surface area contributed by atoms with Crippen LogP contribution in [-0.4, -0.2) is 44.3 Å². The normalized spacial score (nSPS) is 10.6. The van der Waals surface area contributed by atoms with Crippen molar-refractivity contribution in [3.05, 3.63) is 56.6 Å². The highest BCUT2D eigenvalue weighted by molar-refractivity contribution is 6.16. The second-order valence-electron chi connectivity index (χ2n) is 6.45. The van der Waals surface area contributed by atoms with Crippen LogP contribution in [0.5, 0.6) is 0 Å². The molecule has 28 heavy (non-hydrogen) atoms. The van der Waals surface area contributed by atoms with Crippen molar-refractivity contribution >= 4 is 23.9 Å². The van der Waals surface area contributed by atoms with E-state index in [-0.39, 0.29) is 5.56 Å². The van der Waals surface area contributed by atoms with Gasteiger partial charge in [-0.2, -0.15) is 0 Å². The first-order valence-electron chi connectivity index (χ1n) is 8.12. The third kappa shape index (κ3) is 3.20. The fraction of sp³-hybridized carbons (Fsp3) is 0.200. The molecule has 0 spiro atoms. The third-order valence-corrected chi connectivity index (χ3v) is 4.82. The van der Waals surface area contributed by atoms with E-state index in [2.05, 4.69) is 0 Å². The standard InChI is InChI=1S/C20H18O8/c1-7-5-8(2)13(10(4)9(7)3)16-14(19(25)26)11(17(21)22)6-12(18(23)24)15(16)20(27)28/h5-6H,1-4H3,(H,21,22)(H,23,24)(H,25,26)(H,27,28). The average Bonchev–Trinajstić information content (AvgIpc) is 2.57. The van der Waals surface area contributed by atoms with Gasteiger partial charge in [0.2, 0.25) is 0 Å². The quantitative estimate of drug-likeness (QED) is 0.611. The Morgan fingerprint density at radius 2 is 1.00 bits per heavy atom. The molecule has 0 aliphatic heterocycles. The third-order valence-electron chi connectivity index (χ3n) is 4.82. The summed E-state index contributed by atoms with van der Waals surface area (Å²) in [5.74, 6) is -6.66. The molecule has 0 bridgehead atoms. The molecule has 0 aromatic heterocycles. The van der Waals surface area contributed by atoms with Gasteiger partial charge in [-0.25, -0.2) is 19.2 Å². The Hall–Kier alpha value is -3.68. The summed E-state index contributed by atoms with van der Waals surface area (Å²) in [6, 6.07) is 2.29. The summed E-state index contributed by atoms with van der Waals surface area (Å²) in [7, 11) is 0. The molecule has 0 amide bonds. The van der Waals surface area contributed by atoms with Crippen molar-refractivity contribution in [1.82, 2.24) is 0 Å². The number of carbonyl (C=O) groups is 4. The van der Waals surface area contributed by atoms with Crippen molar-refractivity contribution in [2.45, 2.75) is 27.7 Å². The Labute approximate surface area is 159 Å². The van der Waals surface area contributed by atoms with Crippen LogP contribution in [0.2, 0.25) is 0 Å². The number of hydrogen-bond donors (Lipinski definition) is 4. The Bertz CT molecular complexity index is 1010. The molecule has 2 aromatic rings. The minimum Gasteiger partial charge on any atom is -0.478 e. The number of benzene rings is 2. The molecule has 2 rings (SSSR count). The van der Waals surface area contributed by atoms with Crippen molar-refractivity contribution in [2.24, 2.45) is 0 Å². The van der Waals surface area contributed by atoms with E-state index in [0.717, 1.165) is 11.1 Å². The van der Waals surface area contributed by atoms with Crippen molar-refractivity contribution in [2.75, 3.05) is 0 Å². The molecule has 146 valence electrons. The van der Waals surface area contributed by atoms with Gasteiger partial charge in [-0.1, -0.05) is 6.07 Å². The fourth-order valence-electron chi connectivity index (χ4n) is 3.38. The second kappa shape index (κ2) is 7.15. The first-order chi connectivity index (χ1) is 12.9. The average molecular weight is 386 g/mol. The molecule has 2 aromatic carbocycles. The highest BCUT2D eigenvalue weighted by Crippen LogP contribution is 2.39. The van der Waals surface area contributed by atoms with Gasteiger partial charge < -0.3 is 20.4 Å². The number of hydrogen-bond acceptors (Lipinski definition) is 4. The van der Waals surface area contributed by atoms with Gasteiger partial charge >= 0.3 is 23.9 Å². The minimum atomic E-state index is -1.67. The first-order valence-corrected chi connectivity index (χ1v) is 8.12. The molecule has 4 N–H and O–H groups in total. The zero-order valence-electron chi connectivity index (χ0n) is 15.6. The zero-order valence-corrected chi connectivity index (χ0v) is 15.6. The number of rotatable bonds is 5. The highest BCUT2D eigenvalue weighted by atomic mass is 16.4. The van der Waals surface area contributed by atoms with E-state index in [4.69, 9.17) is 0 Å². The SMILES string of the molecule is Cc1cc(C)c(-c2c(C(=O)O)c(C(=O)O)cc(C(=O)O)c2C(=O)O)c(C)c1C. The van der Waals surface area contributed by atoms with Crippen LogP contribution >= 0.6 is 0 Å². The summed E-state index contributed by atoms with van der Waals surface area (Å²) in [6.07, 6.45) is 0. The van der Waals surface area contributed by atoms with Crippen LogP contribution in [0, 0.1) is 27.7 Å². The lowest BCUT2D eigenvalue weighted by molar-refractivity contribution is 0.0638. The monoisotopic (exact) mass is 386 g/mol. The minimum absolute atomic E-state index is 0.198. The first kappa shape index (κ1) is 20.6. The molecule has 0 aliphatic carbocycles. The summed E-state index contributed by atoms with van der Waals surface area (Å²) in [5.41, 5.74) is -0.645. The van der Waals surface area contributed by atoms with Gasteiger partial charge in [-0.15, -0.1) is 0 Å². The van der Waals surface area contributed by atoms with E-state index in [1.54, 1.807) is 26.8 Å². The van der Waals surface area contributed by atoms with E-state index in [1.807, 2.05) is 6.92 Å². The van der Waals surface area contributed by atoms with E-state index in [0.29, 0.717) is 17.2 Å². The molecule has 0 fully saturated rings. The largest absolute Gasteiger partial charge is 0.478 e. The van der Waals surface area contributed by atoms with E-state index < -0.39 is 51.7 Å². The summed E-state index contributed by atoms with van der Waals surface area (Å²) in [5, 5.41) is 38.3. The predicted octanol–water partition coefficient (Wildman–Crippen LogP) is 3.38. The molecular weight excluding hydrogens is 368 g/mol.